The molecule has 0 aliphatic carbocycles. The molecule has 25 heavy (non-hydrogen) atoms. The minimum atomic E-state index is -0.247. The van der Waals surface area contributed by atoms with Gasteiger partial charge in [0.2, 0.25) is 5.91 Å². The third-order valence-electron chi connectivity index (χ3n) is 3.88. The smallest absolute Gasteiger partial charge is 0.273 e. The molecule has 0 radical (unpaired) electrons. The van der Waals surface area contributed by atoms with Crippen molar-refractivity contribution in [1.29, 1.82) is 0 Å². The van der Waals surface area contributed by atoms with E-state index in [9.17, 15) is 9.59 Å². The summed E-state index contributed by atoms with van der Waals surface area (Å²) < 4.78 is 1.26. The molecule has 7 heteroatoms. The van der Waals surface area contributed by atoms with Gasteiger partial charge in [-0.3, -0.25) is 14.5 Å². The summed E-state index contributed by atoms with van der Waals surface area (Å²) in [6, 6.07) is 16.4. The van der Waals surface area contributed by atoms with E-state index in [0.717, 1.165) is 5.69 Å². The van der Waals surface area contributed by atoms with Gasteiger partial charge in [0, 0.05) is 0 Å². The first-order valence-corrected chi connectivity index (χ1v) is 8.72. The van der Waals surface area contributed by atoms with Gasteiger partial charge in [0.1, 0.15) is 5.82 Å². The number of hydrogen-bond acceptors (Lipinski definition) is 5. The van der Waals surface area contributed by atoms with E-state index in [1.807, 2.05) is 36.4 Å². The van der Waals surface area contributed by atoms with Crippen LogP contribution >= 0.6 is 11.8 Å². The lowest BCUT2D eigenvalue weighted by molar-refractivity contribution is -0.115. The molecular weight excluding hydrogens is 336 g/mol. The Hall–Kier alpha value is -2.93. The van der Waals surface area contributed by atoms with Crippen molar-refractivity contribution in [2.24, 2.45) is 5.10 Å². The van der Waals surface area contributed by atoms with Gasteiger partial charge in [-0.2, -0.15) is 4.68 Å². The number of rotatable bonds is 2. The molecule has 3 aromatic rings. The van der Waals surface area contributed by atoms with Gasteiger partial charge in [0.05, 0.1) is 22.3 Å². The van der Waals surface area contributed by atoms with Crippen molar-refractivity contribution in [3.8, 4) is 0 Å². The highest BCUT2D eigenvalue weighted by Crippen LogP contribution is 2.26. The van der Waals surface area contributed by atoms with Crippen LogP contribution in [0.2, 0.25) is 0 Å². The van der Waals surface area contributed by atoms with Crippen LogP contribution in [-0.4, -0.2) is 26.5 Å². The molecule has 1 aromatic heterocycles. The van der Waals surface area contributed by atoms with Crippen molar-refractivity contribution in [3.63, 3.8) is 0 Å². The molecule has 2 aromatic carbocycles. The van der Waals surface area contributed by atoms with Crippen molar-refractivity contribution in [1.82, 2.24) is 9.66 Å². The van der Waals surface area contributed by atoms with Crippen molar-refractivity contribution < 1.29 is 4.79 Å². The number of anilines is 1. The van der Waals surface area contributed by atoms with Crippen LogP contribution in [0.15, 0.2) is 64.5 Å². The van der Waals surface area contributed by atoms with Crippen LogP contribution in [0, 0.1) is 6.92 Å². The zero-order valence-electron chi connectivity index (χ0n) is 13.4. The number of hydrogen-bond donors (Lipinski definition) is 0. The first kappa shape index (κ1) is 15.6. The fourth-order valence-corrected chi connectivity index (χ4v) is 3.56. The molecule has 124 valence electrons. The van der Waals surface area contributed by atoms with Crippen LogP contribution in [0.5, 0.6) is 0 Å². The van der Waals surface area contributed by atoms with Crippen LogP contribution in [0.1, 0.15) is 5.82 Å². The van der Waals surface area contributed by atoms with Crippen LogP contribution in [0.3, 0.4) is 0 Å². The van der Waals surface area contributed by atoms with Gasteiger partial charge in [-0.25, -0.2) is 4.98 Å². The summed E-state index contributed by atoms with van der Waals surface area (Å²) in [5.74, 6) is 0.710. The average molecular weight is 350 g/mol. The molecule has 0 N–H and O–H groups in total. The molecule has 0 spiro atoms. The molecular formula is C18H14N4O2S. The van der Waals surface area contributed by atoms with E-state index in [0.29, 0.717) is 27.6 Å². The zero-order chi connectivity index (χ0) is 17.4. The zero-order valence-corrected chi connectivity index (χ0v) is 14.2. The Morgan fingerprint density at radius 2 is 1.76 bits per heavy atom. The monoisotopic (exact) mass is 350 g/mol. The number of amides is 1. The summed E-state index contributed by atoms with van der Waals surface area (Å²) in [4.78, 5) is 31.0. The van der Waals surface area contributed by atoms with Crippen molar-refractivity contribution in [2.45, 2.75) is 6.92 Å². The first-order valence-electron chi connectivity index (χ1n) is 7.73. The van der Waals surface area contributed by atoms with E-state index in [4.69, 9.17) is 0 Å². The minimum Gasteiger partial charge on any atom is -0.273 e. The van der Waals surface area contributed by atoms with Crippen LogP contribution in [0.4, 0.5) is 5.69 Å². The third-order valence-corrected chi connectivity index (χ3v) is 4.79. The number of aromatic nitrogens is 2. The Morgan fingerprint density at radius 1 is 1.04 bits per heavy atom. The predicted octanol–water partition coefficient (Wildman–Crippen LogP) is 2.60. The Balaban J connectivity index is 1.87. The Labute approximate surface area is 147 Å². The second-order valence-electron chi connectivity index (χ2n) is 5.53. The van der Waals surface area contributed by atoms with E-state index in [-0.39, 0.29) is 11.5 Å². The molecule has 1 saturated heterocycles. The second kappa shape index (κ2) is 6.18. The maximum absolute atomic E-state index is 12.8. The number of carbonyl (C=O) groups is 1. The maximum atomic E-state index is 12.8. The molecule has 6 nitrogen and oxygen atoms in total. The normalized spacial score (nSPS) is 16.1. The summed E-state index contributed by atoms with van der Waals surface area (Å²) in [7, 11) is 0. The summed E-state index contributed by atoms with van der Waals surface area (Å²) in [6.45, 7) is 1.73. The topological polar surface area (TPSA) is 67.6 Å². The highest BCUT2D eigenvalue weighted by atomic mass is 32.2. The van der Waals surface area contributed by atoms with Gasteiger partial charge in [-0.05, 0) is 31.2 Å². The van der Waals surface area contributed by atoms with Gasteiger partial charge in [-0.15, -0.1) is 5.10 Å². The Bertz CT molecular complexity index is 1060. The number of amidine groups is 1. The summed E-state index contributed by atoms with van der Waals surface area (Å²) in [5.41, 5.74) is 1.12. The van der Waals surface area contributed by atoms with Gasteiger partial charge < -0.3 is 0 Å². The molecule has 4 rings (SSSR count). The number of para-hydroxylation sites is 2. The number of nitrogens with zero attached hydrogens (tertiary/aromatic N) is 4. The highest BCUT2D eigenvalue weighted by Gasteiger charge is 2.30. The van der Waals surface area contributed by atoms with E-state index in [2.05, 4.69) is 10.1 Å². The van der Waals surface area contributed by atoms with E-state index in [1.165, 1.54) is 21.3 Å². The third kappa shape index (κ3) is 2.72. The van der Waals surface area contributed by atoms with Gasteiger partial charge in [-0.1, -0.05) is 42.1 Å². The van der Waals surface area contributed by atoms with Crippen LogP contribution in [-0.2, 0) is 4.79 Å². The summed E-state index contributed by atoms with van der Waals surface area (Å²) >= 11 is 1.31. The number of carbonyl (C=O) groups excluding carboxylic acids is 1. The Morgan fingerprint density at radius 3 is 2.56 bits per heavy atom. The molecule has 0 atom stereocenters. The SMILES string of the molecule is Cc1nc2ccccc2c(=O)n1/N=C1/SCC(=O)N1c1ccccc1. The summed E-state index contributed by atoms with van der Waals surface area (Å²) in [5, 5.41) is 5.41. The first-order chi connectivity index (χ1) is 12.1. The quantitative estimate of drug-likeness (QED) is 0.712. The van der Waals surface area contributed by atoms with Gasteiger partial charge >= 0.3 is 0 Å². The van der Waals surface area contributed by atoms with Crippen molar-refractivity contribution >= 4 is 39.4 Å². The van der Waals surface area contributed by atoms with E-state index < -0.39 is 0 Å². The lowest BCUT2D eigenvalue weighted by atomic mass is 10.2. The van der Waals surface area contributed by atoms with Crippen LogP contribution in [0.25, 0.3) is 10.9 Å². The van der Waals surface area contributed by atoms with Crippen molar-refractivity contribution in [3.05, 3.63) is 70.8 Å². The fraction of sp³-hybridized carbons (Fsp3) is 0.111. The predicted molar refractivity (Wildman–Crippen MR) is 100.0 cm³/mol. The van der Waals surface area contributed by atoms with E-state index >= 15 is 0 Å². The molecule has 1 aliphatic rings. The number of aryl methyl sites for hydroxylation is 1. The maximum Gasteiger partial charge on any atom is 0.282 e. The van der Waals surface area contributed by atoms with Crippen molar-refractivity contribution in [2.75, 3.05) is 10.7 Å². The highest BCUT2D eigenvalue weighted by molar-refractivity contribution is 8.15. The lowest BCUT2D eigenvalue weighted by Crippen LogP contribution is -2.31. The second-order valence-corrected chi connectivity index (χ2v) is 6.47. The molecule has 1 amide bonds. The largest absolute Gasteiger partial charge is 0.282 e. The molecule has 1 fully saturated rings. The number of fused-ring (bicyclic) bond motifs is 1. The molecule has 0 unspecified atom stereocenters. The molecule has 1 aliphatic heterocycles. The standard InChI is InChI=1S/C18H14N4O2S/c1-12-19-15-10-6-5-9-14(15)17(24)22(12)20-18-21(16(23)11-25-18)13-7-3-2-4-8-13/h2-10H,11H2,1H3/b20-18+. The minimum absolute atomic E-state index is 0.0607. The number of benzene rings is 2. The molecule has 0 bridgehead atoms. The molecule has 0 saturated carbocycles. The van der Waals surface area contributed by atoms with Crippen LogP contribution < -0.4 is 10.5 Å². The summed E-state index contributed by atoms with van der Waals surface area (Å²) in [6.07, 6.45) is 0. The van der Waals surface area contributed by atoms with Gasteiger partial charge in [0.15, 0.2) is 5.17 Å². The lowest BCUT2D eigenvalue weighted by Gasteiger charge is -2.16. The average Bonchev–Trinajstić information content (AvgIpc) is 3.00. The Kier molecular flexibility index (Phi) is 3.85. The van der Waals surface area contributed by atoms with Gasteiger partial charge in [0.25, 0.3) is 5.56 Å². The number of thioether (sulfide) groups is 1. The molecule has 2 heterocycles. The fourth-order valence-electron chi connectivity index (χ4n) is 2.71. The van der Waals surface area contributed by atoms with E-state index in [1.54, 1.807) is 25.1 Å².